The van der Waals surface area contributed by atoms with E-state index in [9.17, 15) is 0 Å². The summed E-state index contributed by atoms with van der Waals surface area (Å²) in [7, 11) is 0. The highest BCUT2D eigenvalue weighted by Gasteiger charge is 2.02. The molecular formula is C8H14S. The second-order valence-corrected chi connectivity index (χ2v) is 3.33. The van der Waals surface area contributed by atoms with E-state index in [0.717, 1.165) is 0 Å². The topological polar surface area (TPSA) is 0 Å². The van der Waals surface area contributed by atoms with Gasteiger partial charge in [0.25, 0.3) is 0 Å². The van der Waals surface area contributed by atoms with Gasteiger partial charge in [0, 0.05) is 0 Å². The molecule has 0 bridgehead atoms. The summed E-state index contributed by atoms with van der Waals surface area (Å²) in [5.74, 6) is 0. The summed E-state index contributed by atoms with van der Waals surface area (Å²) >= 11 is 4.40. The van der Waals surface area contributed by atoms with Gasteiger partial charge in [-0.1, -0.05) is 12.0 Å². The molecule has 0 aromatic carbocycles. The zero-order chi connectivity index (χ0) is 6.69. The van der Waals surface area contributed by atoms with Gasteiger partial charge in [0.05, 0.1) is 0 Å². The van der Waals surface area contributed by atoms with Crippen molar-refractivity contribution < 1.29 is 0 Å². The minimum Gasteiger partial charge on any atom is -0.148 e. The Hall–Kier alpha value is 0.0900. The lowest BCUT2D eigenvalue weighted by Gasteiger charge is -1.98. The lowest BCUT2D eigenvalue weighted by atomic mass is 10.2. The van der Waals surface area contributed by atoms with Crippen LogP contribution in [0.4, 0.5) is 0 Å². The molecule has 0 aliphatic heterocycles. The van der Waals surface area contributed by atoms with E-state index in [1.165, 1.54) is 42.6 Å². The van der Waals surface area contributed by atoms with Gasteiger partial charge in [-0.25, -0.2) is 0 Å². The summed E-state index contributed by atoms with van der Waals surface area (Å²) in [4.78, 5) is 1.34. The van der Waals surface area contributed by atoms with Crippen LogP contribution < -0.4 is 0 Å². The van der Waals surface area contributed by atoms with Crippen molar-refractivity contribution in [3.63, 3.8) is 0 Å². The number of hydrogen-bond donors (Lipinski definition) is 1. The lowest BCUT2D eigenvalue weighted by molar-refractivity contribution is 0.710. The molecule has 1 aliphatic rings. The highest BCUT2D eigenvalue weighted by atomic mass is 32.1. The molecule has 0 radical (unpaired) electrons. The normalized spacial score (nSPS) is 22.0. The summed E-state index contributed by atoms with van der Waals surface area (Å²) in [5, 5.41) is 0. The average molecular weight is 142 g/mol. The van der Waals surface area contributed by atoms with E-state index < -0.39 is 0 Å². The van der Waals surface area contributed by atoms with E-state index in [0.29, 0.717) is 0 Å². The smallest absolute Gasteiger partial charge is 0.0195 e. The molecule has 1 rings (SSSR count). The van der Waals surface area contributed by atoms with Gasteiger partial charge in [-0.2, -0.15) is 0 Å². The molecule has 0 N–H and O–H groups in total. The van der Waals surface area contributed by atoms with Crippen LogP contribution in [0, 0.1) is 0 Å². The number of hydrogen-bond acceptors (Lipinski definition) is 1. The molecule has 0 aromatic rings. The summed E-state index contributed by atoms with van der Waals surface area (Å²) in [5.41, 5.74) is 1.51. The van der Waals surface area contributed by atoms with Crippen molar-refractivity contribution in [1.29, 1.82) is 0 Å². The predicted molar refractivity (Wildman–Crippen MR) is 44.8 cm³/mol. The molecule has 1 aliphatic carbocycles. The monoisotopic (exact) mass is 142 g/mol. The van der Waals surface area contributed by atoms with Gasteiger partial charge < -0.3 is 0 Å². The Morgan fingerprint density at radius 3 is 2.56 bits per heavy atom. The van der Waals surface area contributed by atoms with Crippen molar-refractivity contribution in [3.05, 3.63) is 10.5 Å². The van der Waals surface area contributed by atoms with Crippen LogP contribution in [0.3, 0.4) is 0 Å². The maximum atomic E-state index is 4.40. The Balaban J connectivity index is 2.55. The van der Waals surface area contributed by atoms with E-state index in [4.69, 9.17) is 0 Å². The number of allylic oxidation sites excluding steroid dienone is 2. The Morgan fingerprint density at radius 2 is 1.78 bits per heavy atom. The first-order valence-corrected chi connectivity index (χ1v) is 4.13. The van der Waals surface area contributed by atoms with Crippen LogP contribution in [0.5, 0.6) is 0 Å². The standard InChI is InChI=1S/C8H14S/c1-7-5-3-2-4-6-8(7)9/h9H,2-6H2,1H3. The minimum absolute atomic E-state index is 1.22. The summed E-state index contributed by atoms with van der Waals surface area (Å²) < 4.78 is 0. The third-order valence-corrected chi connectivity index (χ3v) is 2.56. The van der Waals surface area contributed by atoms with Crippen LogP contribution in [0.15, 0.2) is 10.5 Å². The molecule has 9 heavy (non-hydrogen) atoms. The highest BCUT2D eigenvalue weighted by Crippen LogP contribution is 2.24. The lowest BCUT2D eigenvalue weighted by Crippen LogP contribution is -1.75. The minimum atomic E-state index is 1.22. The second-order valence-electron chi connectivity index (χ2n) is 2.79. The fraction of sp³-hybridized carbons (Fsp3) is 0.750. The maximum Gasteiger partial charge on any atom is -0.0195 e. The van der Waals surface area contributed by atoms with E-state index in [1.807, 2.05) is 0 Å². The van der Waals surface area contributed by atoms with Gasteiger partial charge >= 0.3 is 0 Å². The average Bonchev–Trinajstić information content (AvgIpc) is 1.99. The molecule has 0 spiro atoms. The Morgan fingerprint density at radius 1 is 1.11 bits per heavy atom. The zero-order valence-corrected chi connectivity index (χ0v) is 6.88. The first-order chi connectivity index (χ1) is 4.30. The van der Waals surface area contributed by atoms with Crippen molar-refractivity contribution in [3.8, 4) is 0 Å². The first-order valence-electron chi connectivity index (χ1n) is 3.68. The van der Waals surface area contributed by atoms with Crippen molar-refractivity contribution in [2.45, 2.75) is 39.0 Å². The van der Waals surface area contributed by atoms with Gasteiger partial charge in [-0.05, 0) is 37.5 Å². The Bertz CT molecular complexity index is 111. The fourth-order valence-corrected chi connectivity index (χ4v) is 1.49. The largest absolute Gasteiger partial charge is 0.148 e. The molecule has 0 unspecified atom stereocenters. The highest BCUT2D eigenvalue weighted by molar-refractivity contribution is 7.84. The van der Waals surface area contributed by atoms with Crippen molar-refractivity contribution >= 4 is 12.6 Å². The second kappa shape index (κ2) is 3.31. The quantitative estimate of drug-likeness (QED) is 0.493. The van der Waals surface area contributed by atoms with E-state index in [-0.39, 0.29) is 0 Å². The molecule has 52 valence electrons. The predicted octanol–water partition coefficient (Wildman–Crippen LogP) is 3.15. The van der Waals surface area contributed by atoms with E-state index >= 15 is 0 Å². The van der Waals surface area contributed by atoms with E-state index in [1.54, 1.807) is 0 Å². The fourth-order valence-electron chi connectivity index (χ4n) is 1.22. The van der Waals surface area contributed by atoms with Crippen molar-refractivity contribution in [1.82, 2.24) is 0 Å². The van der Waals surface area contributed by atoms with Gasteiger partial charge in [0.15, 0.2) is 0 Å². The first kappa shape index (κ1) is 7.20. The van der Waals surface area contributed by atoms with Crippen molar-refractivity contribution in [2.75, 3.05) is 0 Å². The number of thiol groups is 1. The Labute approximate surface area is 62.8 Å². The van der Waals surface area contributed by atoms with Gasteiger partial charge in [-0.3, -0.25) is 0 Å². The van der Waals surface area contributed by atoms with Crippen LogP contribution in [0.2, 0.25) is 0 Å². The molecule has 0 amide bonds. The molecular weight excluding hydrogens is 128 g/mol. The molecule has 0 saturated heterocycles. The summed E-state index contributed by atoms with van der Waals surface area (Å²) in [6, 6.07) is 0. The van der Waals surface area contributed by atoms with Gasteiger partial charge in [-0.15, -0.1) is 12.6 Å². The van der Waals surface area contributed by atoms with Crippen LogP contribution >= 0.6 is 12.6 Å². The zero-order valence-electron chi connectivity index (χ0n) is 5.98. The van der Waals surface area contributed by atoms with Crippen LogP contribution in [-0.2, 0) is 0 Å². The van der Waals surface area contributed by atoms with Crippen LogP contribution in [0.1, 0.15) is 39.0 Å². The number of rotatable bonds is 0. The third-order valence-electron chi connectivity index (χ3n) is 1.96. The van der Waals surface area contributed by atoms with E-state index in [2.05, 4.69) is 19.6 Å². The molecule has 0 heterocycles. The molecule has 0 fully saturated rings. The molecule has 0 atom stereocenters. The summed E-state index contributed by atoms with van der Waals surface area (Å²) in [6.07, 6.45) is 6.60. The third kappa shape index (κ3) is 2.05. The molecule has 0 saturated carbocycles. The van der Waals surface area contributed by atoms with Gasteiger partial charge in [0.1, 0.15) is 0 Å². The van der Waals surface area contributed by atoms with Gasteiger partial charge in [0.2, 0.25) is 0 Å². The van der Waals surface area contributed by atoms with Crippen LogP contribution in [0.25, 0.3) is 0 Å². The molecule has 0 aromatic heterocycles. The van der Waals surface area contributed by atoms with Crippen molar-refractivity contribution in [2.24, 2.45) is 0 Å². The molecule has 0 nitrogen and oxygen atoms in total. The van der Waals surface area contributed by atoms with Crippen LogP contribution in [-0.4, -0.2) is 0 Å². The molecule has 1 heteroatoms. The Kier molecular flexibility index (Phi) is 2.65. The maximum absolute atomic E-state index is 4.40. The SMILES string of the molecule is CC1=C(S)CCCCC1. The summed E-state index contributed by atoms with van der Waals surface area (Å²) in [6.45, 7) is 2.20.